The van der Waals surface area contributed by atoms with Gasteiger partial charge in [-0.05, 0) is 39.0 Å². The summed E-state index contributed by atoms with van der Waals surface area (Å²) in [6, 6.07) is 5.53. The molecule has 0 fully saturated rings. The number of carbonyl (C=O) groups is 1. The smallest absolute Gasteiger partial charge is 0.255 e. The maximum Gasteiger partial charge on any atom is 0.255 e. The molecule has 4 aromatic rings. The second-order valence-electron chi connectivity index (χ2n) is 7.09. The van der Waals surface area contributed by atoms with E-state index in [4.69, 9.17) is 11.6 Å². The number of carbonyl (C=O) groups excluding carboxylic acids is 1. The number of hydrogen-bond donors (Lipinski definition) is 2. The Labute approximate surface area is 154 Å². The number of rotatable bonds is 2. The topological polar surface area (TPSA) is 88.5 Å². The van der Waals surface area contributed by atoms with Crippen molar-refractivity contribution >= 4 is 39.6 Å². The number of H-pyrrole nitrogens is 1. The summed E-state index contributed by atoms with van der Waals surface area (Å²) in [6.45, 7) is 5.78. The van der Waals surface area contributed by atoms with Crippen molar-refractivity contribution in [2.24, 2.45) is 0 Å². The number of halogens is 1. The summed E-state index contributed by atoms with van der Waals surface area (Å²) >= 11 is 6.11. The van der Waals surface area contributed by atoms with Crippen molar-refractivity contribution in [3.8, 4) is 5.82 Å². The van der Waals surface area contributed by atoms with Gasteiger partial charge < -0.3 is 10.3 Å². The molecule has 4 rings (SSSR count). The van der Waals surface area contributed by atoms with Gasteiger partial charge in [0, 0.05) is 22.1 Å². The highest BCUT2D eigenvalue weighted by atomic mass is 35.5. The highest BCUT2D eigenvalue weighted by molar-refractivity contribution is 6.31. The maximum absolute atomic E-state index is 12.6. The molecule has 7 nitrogen and oxygen atoms in total. The van der Waals surface area contributed by atoms with Crippen molar-refractivity contribution in [1.29, 1.82) is 0 Å². The van der Waals surface area contributed by atoms with E-state index in [2.05, 4.69) is 25.4 Å². The van der Waals surface area contributed by atoms with E-state index in [0.29, 0.717) is 27.6 Å². The highest BCUT2D eigenvalue weighted by Gasteiger charge is 2.20. The zero-order valence-corrected chi connectivity index (χ0v) is 15.3. The summed E-state index contributed by atoms with van der Waals surface area (Å²) < 4.78 is 1.66. The second kappa shape index (κ2) is 5.81. The molecule has 0 aliphatic carbocycles. The average molecular weight is 369 g/mol. The number of hydrogen-bond acceptors (Lipinski definition) is 4. The van der Waals surface area contributed by atoms with Crippen LogP contribution in [-0.4, -0.2) is 36.2 Å². The zero-order valence-electron chi connectivity index (χ0n) is 14.5. The Morgan fingerprint density at radius 1 is 1.27 bits per heavy atom. The first kappa shape index (κ1) is 16.5. The second-order valence-corrected chi connectivity index (χ2v) is 7.53. The number of nitrogens with zero attached hydrogens (tertiary/aromatic N) is 4. The Kier molecular flexibility index (Phi) is 3.69. The minimum atomic E-state index is -0.347. The van der Waals surface area contributed by atoms with E-state index >= 15 is 0 Å². The molecule has 1 aromatic carbocycles. The summed E-state index contributed by atoms with van der Waals surface area (Å²) in [5.41, 5.74) is 1.96. The van der Waals surface area contributed by atoms with E-state index in [0.717, 1.165) is 10.9 Å². The van der Waals surface area contributed by atoms with Gasteiger partial charge >= 0.3 is 0 Å². The fraction of sp³-hybridized carbons (Fsp3) is 0.222. The molecular weight excluding hydrogens is 352 g/mol. The van der Waals surface area contributed by atoms with Crippen LogP contribution >= 0.6 is 11.6 Å². The van der Waals surface area contributed by atoms with Crippen LogP contribution in [0.2, 0.25) is 5.02 Å². The summed E-state index contributed by atoms with van der Waals surface area (Å²) in [5, 5.41) is 8.87. The van der Waals surface area contributed by atoms with Crippen LogP contribution in [0, 0.1) is 0 Å². The summed E-state index contributed by atoms with van der Waals surface area (Å²) in [4.78, 5) is 24.5. The van der Waals surface area contributed by atoms with Gasteiger partial charge in [-0.25, -0.2) is 14.6 Å². The van der Waals surface area contributed by atoms with Crippen molar-refractivity contribution in [3.63, 3.8) is 0 Å². The van der Waals surface area contributed by atoms with Crippen molar-refractivity contribution in [2.75, 3.05) is 0 Å². The first-order valence-corrected chi connectivity index (χ1v) is 8.50. The van der Waals surface area contributed by atoms with E-state index in [9.17, 15) is 4.79 Å². The van der Waals surface area contributed by atoms with Gasteiger partial charge in [-0.3, -0.25) is 4.79 Å². The van der Waals surface area contributed by atoms with Gasteiger partial charge in [0.1, 0.15) is 5.52 Å². The Morgan fingerprint density at radius 2 is 2.08 bits per heavy atom. The van der Waals surface area contributed by atoms with Crippen LogP contribution in [0.5, 0.6) is 0 Å². The fourth-order valence-corrected chi connectivity index (χ4v) is 2.91. The number of benzene rings is 1. The molecule has 0 radical (unpaired) electrons. The van der Waals surface area contributed by atoms with E-state index in [1.54, 1.807) is 23.3 Å². The number of aromatic amines is 1. The average Bonchev–Trinajstić information content (AvgIpc) is 3.15. The molecule has 0 saturated heterocycles. The number of fused-ring (bicyclic) bond motifs is 2. The first-order valence-electron chi connectivity index (χ1n) is 8.12. The number of aromatic nitrogens is 5. The van der Waals surface area contributed by atoms with E-state index in [-0.39, 0.29) is 11.4 Å². The van der Waals surface area contributed by atoms with Crippen molar-refractivity contribution in [3.05, 3.63) is 47.4 Å². The van der Waals surface area contributed by atoms with Crippen LogP contribution in [0.25, 0.3) is 27.9 Å². The van der Waals surface area contributed by atoms with Gasteiger partial charge in [0.15, 0.2) is 11.5 Å². The molecule has 8 heteroatoms. The Bertz CT molecular complexity index is 1140. The van der Waals surface area contributed by atoms with Gasteiger partial charge in [0.25, 0.3) is 5.91 Å². The van der Waals surface area contributed by atoms with Gasteiger partial charge in [0.05, 0.1) is 23.5 Å². The molecule has 2 N–H and O–H groups in total. The molecule has 0 unspecified atom stereocenters. The van der Waals surface area contributed by atoms with Crippen LogP contribution < -0.4 is 5.32 Å². The van der Waals surface area contributed by atoms with Crippen molar-refractivity contribution in [1.82, 2.24) is 30.0 Å². The molecule has 132 valence electrons. The molecule has 0 atom stereocenters. The monoisotopic (exact) mass is 368 g/mol. The molecule has 26 heavy (non-hydrogen) atoms. The molecular formula is C18H17ClN6O. The summed E-state index contributed by atoms with van der Waals surface area (Å²) in [5.74, 6) is 0.308. The largest absolute Gasteiger partial charge is 0.347 e. The molecule has 0 aliphatic rings. The Hall–Kier alpha value is -2.93. The molecule has 0 bridgehead atoms. The lowest BCUT2D eigenvalue weighted by Gasteiger charge is -2.20. The first-order chi connectivity index (χ1) is 12.3. The van der Waals surface area contributed by atoms with Crippen LogP contribution in [0.3, 0.4) is 0 Å². The predicted octanol–water partition coefficient (Wildman–Crippen LogP) is 3.48. The summed E-state index contributed by atoms with van der Waals surface area (Å²) in [6.07, 6.45) is 4.97. The van der Waals surface area contributed by atoms with Crippen molar-refractivity contribution < 1.29 is 4.79 Å². The standard InChI is InChI=1S/C18H17ClN6O/c1-18(2,3)24-17(26)12-8-20-16-15(12)23-14(9-21-16)25-13-6-11(19)5-4-10(13)7-22-25/h4-9H,1-3H3,(H,20,21)(H,24,26). The normalized spacial score (nSPS) is 12.0. The molecule has 0 saturated carbocycles. The minimum absolute atomic E-state index is 0.205. The quantitative estimate of drug-likeness (QED) is 0.567. The summed E-state index contributed by atoms with van der Waals surface area (Å²) in [7, 11) is 0. The third-order valence-electron chi connectivity index (χ3n) is 3.85. The van der Waals surface area contributed by atoms with Crippen LogP contribution in [0.4, 0.5) is 0 Å². The van der Waals surface area contributed by atoms with E-state index in [1.165, 1.54) is 0 Å². The third-order valence-corrected chi connectivity index (χ3v) is 4.09. The molecule has 0 spiro atoms. The van der Waals surface area contributed by atoms with Gasteiger partial charge in [0.2, 0.25) is 0 Å². The minimum Gasteiger partial charge on any atom is -0.347 e. The van der Waals surface area contributed by atoms with E-state index in [1.807, 2.05) is 39.0 Å². The Morgan fingerprint density at radius 3 is 2.85 bits per heavy atom. The molecule has 0 aliphatic heterocycles. The maximum atomic E-state index is 12.6. The van der Waals surface area contributed by atoms with Crippen molar-refractivity contribution in [2.45, 2.75) is 26.3 Å². The lowest BCUT2D eigenvalue weighted by Crippen LogP contribution is -2.40. The SMILES string of the molecule is CC(C)(C)NC(=O)c1c[nH]c2ncc(-n3ncc4ccc(Cl)cc43)nc12. The number of amides is 1. The molecule has 1 amide bonds. The predicted molar refractivity (Wildman–Crippen MR) is 101 cm³/mol. The van der Waals surface area contributed by atoms with Gasteiger partial charge in [-0.2, -0.15) is 5.10 Å². The van der Waals surface area contributed by atoms with Crippen LogP contribution in [-0.2, 0) is 0 Å². The van der Waals surface area contributed by atoms with E-state index < -0.39 is 0 Å². The molecule has 3 heterocycles. The Balaban J connectivity index is 1.83. The van der Waals surface area contributed by atoms with Crippen LogP contribution in [0.15, 0.2) is 36.8 Å². The highest BCUT2D eigenvalue weighted by Crippen LogP contribution is 2.23. The zero-order chi connectivity index (χ0) is 18.5. The van der Waals surface area contributed by atoms with Crippen LogP contribution in [0.1, 0.15) is 31.1 Å². The molecule has 3 aromatic heterocycles. The number of nitrogens with one attached hydrogen (secondary N) is 2. The third kappa shape index (κ3) is 2.90. The fourth-order valence-electron chi connectivity index (χ4n) is 2.74. The lowest BCUT2D eigenvalue weighted by atomic mass is 10.1. The van der Waals surface area contributed by atoms with Gasteiger partial charge in [-0.15, -0.1) is 0 Å². The lowest BCUT2D eigenvalue weighted by molar-refractivity contribution is 0.0921. The van der Waals surface area contributed by atoms with Gasteiger partial charge in [-0.1, -0.05) is 11.6 Å².